The third-order valence-corrected chi connectivity index (χ3v) is 0.929. The van der Waals surface area contributed by atoms with Gasteiger partial charge in [-0.05, 0) is 0 Å². The molecule has 2 nitrogen and oxygen atoms in total. The van der Waals surface area contributed by atoms with Crippen LogP contribution in [-0.2, 0) is 9.53 Å². The monoisotopic (exact) mass is 226 g/mol. The summed E-state index contributed by atoms with van der Waals surface area (Å²) in [7, 11) is 0. The van der Waals surface area contributed by atoms with Gasteiger partial charge in [0.2, 0.25) is 0 Å². The minimum atomic E-state index is -0.346. The summed E-state index contributed by atoms with van der Waals surface area (Å²) in [6, 6.07) is 0. The largest absolute Gasteiger partial charge is 0.462 e. The van der Waals surface area contributed by atoms with Crippen LogP contribution in [0.1, 0.15) is 0 Å². The molecule has 0 amide bonds. The van der Waals surface area contributed by atoms with Crippen LogP contribution in [-0.4, -0.2) is 17.0 Å². The molecule has 0 bridgehead atoms. The first-order valence-corrected chi connectivity index (χ1v) is 3.69. The minimum absolute atomic E-state index is 0.346. The van der Waals surface area contributed by atoms with E-state index in [-0.39, 0.29) is 5.97 Å². The zero-order valence-corrected chi connectivity index (χ0v) is 6.55. The van der Waals surface area contributed by atoms with Crippen LogP contribution in [0.25, 0.3) is 0 Å². The van der Waals surface area contributed by atoms with Crippen molar-refractivity contribution in [3.05, 3.63) is 12.7 Å². The van der Waals surface area contributed by atoms with E-state index < -0.39 is 0 Å². The highest BCUT2D eigenvalue weighted by atomic mass is 127. The van der Waals surface area contributed by atoms with Crippen LogP contribution >= 0.6 is 22.6 Å². The molecule has 0 aliphatic carbocycles. The number of carbonyl (C=O) groups excluding carboxylic acids is 1. The summed E-state index contributed by atoms with van der Waals surface area (Å²) in [5, 5.41) is 0. The van der Waals surface area contributed by atoms with Crippen molar-refractivity contribution in [1.29, 1.82) is 0 Å². The number of esters is 1. The van der Waals surface area contributed by atoms with Crippen LogP contribution in [0.2, 0.25) is 0 Å². The molecule has 0 radical (unpaired) electrons. The predicted molar refractivity (Wildman–Crippen MR) is 40.0 cm³/mol. The molecule has 46 valence electrons. The highest BCUT2D eigenvalue weighted by Crippen LogP contribution is 1.83. The Kier molecular flexibility index (Phi) is 5.05. The number of hydrogen-bond acceptors (Lipinski definition) is 2. The molecule has 0 aliphatic heterocycles. The van der Waals surface area contributed by atoms with Crippen molar-refractivity contribution in [2.45, 2.75) is 0 Å². The van der Waals surface area contributed by atoms with Crippen LogP contribution in [0.3, 0.4) is 0 Å². The van der Waals surface area contributed by atoms with E-state index in [0.29, 0.717) is 6.61 Å². The van der Waals surface area contributed by atoms with Gasteiger partial charge in [0.05, 0.1) is 0 Å². The zero-order chi connectivity index (χ0) is 6.41. The van der Waals surface area contributed by atoms with Crippen LogP contribution < -0.4 is 0 Å². The lowest BCUT2D eigenvalue weighted by molar-refractivity contribution is -0.137. The Labute approximate surface area is 62.0 Å². The van der Waals surface area contributed by atoms with Crippen molar-refractivity contribution >= 4 is 28.6 Å². The summed E-state index contributed by atoms with van der Waals surface area (Å²) >= 11 is 2.13. The van der Waals surface area contributed by atoms with E-state index in [4.69, 9.17) is 0 Å². The lowest BCUT2D eigenvalue weighted by Crippen LogP contribution is -2.01. The maximum Gasteiger partial charge on any atom is 0.330 e. The van der Waals surface area contributed by atoms with Gasteiger partial charge < -0.3 is 4.74 Å². The Hall–Kier alpha value is -0.0600. The topological polar surface area (TPSA) is 26.3 Å². The molecule has 0 saturated heterocycles. The Bertz CT molecular complexity index is 90.4. The fourth-order valence-electron chi connectivity index (χ4n) is 0.198. The summed E-state index contributed by atoms with van der Waals surface area (Å²) in [5.41, 5.74) is 0. The van der Waals surface area contributed by atoms with Crippen LogP contribution in [0.15, 0.2) is 12.7 Å². The molecule has 0 aromatic carbocycles. The molecule has 0 atom stereocenters. The Balaban J connectivity index is 3.11. The fourth-order valence-corrected chi connectivity index (χ4v) is 0.418. The van der Waals surface area contributed by atoms with E-state index in [0.717, 1.165) is 10.5 Å². The second-order valence-electron chi connectivity index (χ2n) is 1.06. The molecule has 0 aromatic heterocycles. The molecule has 0 fully saturated rings. The van der Waals surface area contributed by atoms with Gasteiger partial charge in [0.25, 0.3) is 0 Å². The van der Waals surface area contributed by atoms with E-state index >= 15 is 0 Å². The van der Waals surface area contributed by atoms with Gasteiger partial charge in [-0.25, -0.2) is 4.79 Å². The lowest BCUT2D eigenvalue weighted by Gasteiger charge is -1.94. The fraction of sp³-hybridized carbons (Fsp3) is 0.400. The third-order valence-electron chi connectivity index (χ3n) is 0.488. The first kappa shape index (κ1) is 7.94. The highest BCUT2D eigenvalue weighted by molar-refractivity contribution is 14.1. The van der Waals surface area contributed by atoms with Gasteiger partial charge in [-0.2, -0.15) is 0 Å². The first-order valence-electron chi connectivity index (χ1n) is 2.16. The second-order valence-corrected chi connectivity index (χ2v) is 2.14. The van der Waals surface area contributed by atoms with Gasteiger partial charge in [0.1, 0.15) is 6.61 Å². The summed E-state index contributed by atoms with van der Waals surface area (Å²) < 4.78 is 5.41. The van der Waals surface area contributed by atoms with Crippen molar-refractivity contribution in [3.63, 3.8) is 0 Å². The van der Waals surface area contributed by atoms with Crippen molar-refractivity contribution in [3.8, 4) is 0 Å². The Morgan fingerprint density at radius 1 is 1.88 bits per heavy atom. The van der Waals surface area contributed by atoms with Crippen molar-refractivity contribution < 1.29 is 9.53 Å². The highest BCUT2D eigenvalue weighted by Gasteiger charge is 1.90. The van der Waals surface area contributed by atoms with Gasteiger partial charge in [-0.15, -0.1) is 0 Å². The molecule has 0 rings (SSSR count). The van der Waals surface area contributed by atoms with Crippen LogP contribution in [0.5, 0.6) is 0 Å². The molecular formula is C5H7IO2. The molecule has 0 heterocycles. The lowest BCUT2D eigenvalue weighted by atomic mass is 10.6. The molecule has 0 spiro atoms. The van der Waals surface area contributed by atoms with Crippen molar-refractivity contribution in [2.24, 2.45) is 0 Å². The standard InChI is InChI=1S/C5H7IO2/c1-2-5(7)8-4-3-6/h2H,1,3-4H2. The summed E-state index contributed by atoms with van der Waals surface area (Å²) in [6.45, 7) is 3.71. The normalized spacial score (nSPS) is 8.12. The van der Waals surface area contributed by atoms with Crippen LogP contribution in [0.4, 0.5) is 0 Å². The molecule has 0 saturated carbocycles. The molecule has 3 heteroatoms. The number of carbonyl (C=O) groups is 1. The third kappa shape index (κ3) is 4.11. The summed E-state index contributed by atoms with van der Waals surface area (Å²) in [6.07, 6.45) is 1.16. The molecule has 0 aromatic rings. The quantitative estimate of drug-likeness (QED) is 0.312. The van der Waals surface area contributed by atoms with E-state index in [1.54, 1.807) is 0 Å². The van der Waals surface area contributed by atoms with E-state index in [1.807, 2.05) is 0 Å². The van der Waals surface area contributed by atoms with Crippen LogP contribution in [0, 0.1) is 0 Å². The van der Waals surface area contributed by atoms with Gasteiger partial charge in [0.15, 0.2) is 0 Å². The smallest absolute Gasteiger partial charge is 0.330 e. The maximum absolute atomic E-state index is 10.2. The minimum Gasteiger partial charge on any atom is -0.462 e. The maximum atomic E-state index is 10.2. The van der Waals surface area contributed by atoms with Crippen molar-refractivity contribution in [2.75, 3.05) is 11.0 Å². The number of alkyl halides is 1. The molecule has 8 heavy (non-hydrogen) atoms. The first-order chi connectivity index (χ1) is 3.81. The molecule has 0 unspecified atom stereocenters. The Morgan fingerprint density at radius 2 is 2.50 bits per heavy atom. The molecule has 0 aliphatic rings. The van der Waals surface area contributed by atoms with Gasteiger partial charge in [-0.3, -0.25) is 0 Å². The SMILES string of the molecule is C=CC(=O)OCCI. The number of rotatable bonds is 3. The van der Waals surface area contributed by atoms with E-state index in [1.165, 1.54) is 0 Å². The Morgan fingerprint density at radius 3 is 2.88 bits per heavy atom. The van der Waals surface area contributed by atoms with Gasteiger partial charge in [-0.1, -0.05) is 29.2 Å². The molecular weight excluding hydrogens is 219 g/mol. The number of hydrogen-bond donors (Lipinski definition) is 0. The second kappa shape index (κ2) is 5.08. The van der Waals surface area contributed by atoms with E-state index in [9.17, 15) is 4.79 Å². The average Bonchev–Trinajstić information content (AvgIpc) is 1.83. The number of halogens is 1. The predicted octanol–water partition coefficient (Wildman–Crippen LogP) is 1.15. The average molecular weight is 226 g/mol. The van der Waals surface area contributed by atoms with Gasteiger partial charge >= 0.3 is 5.97 Å². The summed E-state index contributed by atoms with van der Waals surface area (Å²) in [4.78, 5) is 10.2. The summed E-state index contributed by atoms with van der Waals surface area (Å²) in [5.74, 6) is -0.346. The zero-order valence-electron chi connectivity index (χ0n) is 4.39. The van der Waals surface area contributed by atoms with Crippen molar-refractivity contribution in [1.82, 2.24) is 0 Å². The van der Waals surface area contributed by atoms with Gasteiger partial charge in [0, 0.05) is 10.5 Å². The molecule has 0 N–H and O–H groups in total. The van der Waals surface area contributed by atoms with E-state index in [2.05, 4.69) is 33.9 Å². The number of ether oxygens (including phenoxy) is 1.